The first-order valence-corrected chi connectivity index (χ1v) is 6.08. The lowest BCUT2D eigenvalue weighted by molar-refractivity contribution is 0.193. The van der Waals surface area contributed by atoms with Gasteiger partial charge in [-0.25, -0.2) is 0 Å². The van der Waals surface area contributed by atoms with Crippen LogP contribution in [-0.2, 0) is 6.42 Å². The Bertz CT molecular complexity index is 298. The molecule has 0 aromatic carbocycles. The van der Waals surface area contributed by atoms with Gasteiger partial charge >= 0.3 is 0 Å². The van der Waals surface area contributed by atoms with Gasteiger partial charge in [0.15, 0.2) is 0 Å². The molecule has 1 saturated heterocycles. The van der Waals surface area contributed by atoms with Crippen LogP contribution in [0.4, 0.5) is 0 Å². The summed E-state index contributed by atoms with van der Waals surface area (Å²) in [5, 5.41) is 2.22. The average Bonchev–Trinajstić information content (AvgIpc) is 2.73. The second-order valence-corrected chi connectivity index (χ2v) is 4.95. The number of nitrogens with zero attached hydrogens (tertiary/aromatic N) is 2. The summed E-state index contributed by atoms with van der Waals surface area (Å²) in [4.78, 5) is 6.41. The highest BCUT2D eigenvalue weighted by Crippen LogP contribution is 2.33. The molecular formula is C11H18N2S. The smallest absolute Gasteiger partial charge is 0.0979 e. The fourth-order valence-corrected chi connectivity index (χ4v) is 3.39. The molecule has 0 unspecified atom stereocenters. The molecule has 0 amide bonds. The van der Waals surface area contributed by atoms with Crippen LogP contribution in [0, 0.1) is 0 Å². The van der Waals surface area contributed by atoms with Gasteiger partial charge in [-0.2, -0.15) is 0 Å². The third kappa shape index (κ3) is 1.60. The van der Waals surface area contributed by atoms with Gasteiger partial charge in [-0.15, -0.1) is 11.3 Å². The van der Waals surface area contributed by atoms with Crippen LogP contribution in [0.25, 0.3) is 0 Å². The van der Waals surface area contributed by atoms with Crippen molar-refractivity contribution in [3.05, 3.63) is 21.9 Å². The highest BCUT2D eigenvalue weighted by molar-refractivity contribution is 7.10. The molecule has 0 aliphatic carbocycles. The van der Waals surface area contributed by atoms with Crippen molar-refractivity contribution >= 4 is 11.3 Å². The van der Waals surface area contributed by atoms with Crippen molar-refractivity contribution in [3.8, 4) is 0 Å². The summed E-state index contributed by atoms with van der Waals surface area (Å²) in [5.74, 6) is 0. The number of hydrogen-bond acceptors (Lipinski definition) is 3. The topological polar surface area (TPSA) is 6.48 Å². The molecule has 0 spiro atoms. The lowest BCUT2D eigenvalue weighted by atomic mass is 10.2. The second kappa shape index (κ2) is 4.01. The van der Waals surface area contributed by atoms with E-state index < -0.39 is 0 Å². The highest BCUT2D eigenvalue weighted by Gasteiger charge is 2.29. The largest absolute Gasteiger partial charge is 0.285 e. The summed E-state index contributed by atoms with van der Waals surface area (Å²) in [6, 6.07) is 2.26. The van der Waals surface area contributed by atoms with E-state index in [4.69, 9.17) is 0 Å². The van der Waals surface area contributed by atoms with Crippen LogP contribution in [0.2, 0.25) is 0 Å². The predicted molar refractivity (Wildman–Crippen MR) is 61.7 cm³/mol. The number of aryl methyl sites for hydroxylation is 1. The first kappa shape index (κ1) is 10.1. The lowest BCUT2D eigenvalue weighted by Gasteiger charge is -2.24. The van der Waals surface area contributed by atoms with E-state index in [1.807, 2.05) is 11.3 Å². The maximum Gasteiger partial charge on any atom is 0.0979 e. The second-order valence-electron chi connectivity index (χ2n) is 4.00. The summed E-state index contributed by atoms with van der Waals surface area (Å²) < 4.78 is 0. The Morgan fingerprint density at radius 3 is 2.57 bits per heavy atom. The molecule has 0 bridgehead atoms. The van der Waals surface area contributed by atoms with Crippen LogP contribution in [0.3, 0.4) is 0 Å². The van der Waals surface area contributed by atoms with Crippen molar-refractivity contribution < 1.29 is 0 Å². The molecule has 1 aromatic rings. The molecule has 2 rings (SSSR count). The van der Waals surface area contributed by atoms with E-state index in [1.165, 1.54) is 23.5 Å². The highest BCUT2D eigenvalue weighted by atomic mass is 32.1. The molecule has 78 valence electrons. The number of rotatable bonds is 2. The Labute approximate surface area is 90.1 Å². The van der Waals surface area contributed by atoms with E-state index in [1.54, 1.807) is 0 Å². The Hall–Kier alpha value is -0.380. The quantitative estimate of drug-likeness (QED) is 0.738. The van der Waals surface area contributed by atoms with E-state index in [0.717, 1.165) is 6.42 Å². The van der Waals surface area contributed by atoms with Crippen LogP contribution in [0.5, 0.6) is 0 Å². The zero-order valence-corrected chi connectivity index (χ0v) is 9.97. The molecule has 0 radical (unpaired) electrons. The van der Waals surface area contributed by atoms with Gasteiger partial charge in [-0.1, -0.05) is 6.92 Å². The monoisotopic (exact) mass is 210 g/mol. The van der Waals surface area contributed by atoms with Gasteiger partial charge in [0.1, 0.15) is 0 Å². The molecule has 0 saturated carbocycles. The zero-order valence-electron chi connectivity index (χ0n) is 9.16. The van der Waals surface area contributed by atoms with E-state index in [9.17, 15) is 0 Å². The summed E-state index contributed by atoms with van der Waals surface area (Å²) in [5.41, 5.74) is 1.51. The van der Waals surface area contributed by atoms with Crippen LogP contribution in [-0.4, -0.2) is 37.0 Å². The first-order chi connectivity index (χ1) is 6.74. The first-order valence-electron chi connectivity index (χ1n) is 5.20. The van der Waals surface area contributed by atoms with E-state index in [0.29, 0.717) is 6.17 Å². The molecular weight excluding hydrogens is 192 g/mol. The number of likely N-dealkylation sites (N-methyl/N-ethyl adjacent to an activating group) is 2. The van der Waals surface area contributed by atoms with Gasteiger partial charge in [-0.05, 0) is 37.5 Å². The van der Waals surface area contributed by atoms with Gasteiger partial charge in [0, 0.05) is 18.0 Å². The fourth-order valence-electron chi connectivity index (χ4n) is 2.16. The van der Waals surface area contributed by atoms with Gasteiger partial charge in [0.05, 0.1) is 6.17 Å². The molecule has 3 heteroatoms. The van der Waals surface area contributed by atoms with Crippen LogP contribution < -0.4 is 0 Å². The predicted octanol–water partition coefficient (Wildman–Crippen LogP) is 2.19. The van der Waals surface area contributed by atoms with E-state index >= 15 is 0 Å². The molecule has 14 heavy (non-hydrogen) atoms. The Kier molecular flexibility index (Phi) is 2.91. The van der Waals surface area contributed by atoms with E-state index in [2.05, 4.69) is 42.3 Å². The molecule has 0 N–H and O–H groups in total. The van der Waals surface area contributed by atoms with Gasteiger partial charge in [0.25, 0.3) is 0 Å². The fraction of sp³-hybridized carbons (Fsp3) is 0.636. The zero-order chi connectivity index (χ0) is 10.1. The molecule has 1 fully saturated rings. The molecule has 1 aliphatic rings. The lowest BCUT2D eigenvalue weighted by Crippen LogP contribution is -2.25. The normalized spacial score (nSPS) is 20.8. The molecule has 2 heterocycles. The summed E-state index contributed by atoms with van der Waals surface area (Å²) >= 11 is 1.90. The summed E-state index contributed by atoms with van der Waals surface area (Å²) in [6.45, 7) is 4.60. The Morgan fingerprint density at radius 2 is 2.00 bits per heavy atom. The maximum atomic E-state index is 2.44. The summed E-state index contributed by atoms with van der Waals surface area (Å²) in [7, 11) is 4.43. The molecule has 0 atom stereocenters. The van der Waals surface area contributed by atoms with Crippen molar-refractivity contribution in [2.45, 2.75) is 19.5 Å². The number of thiophene rings is 1. The molecule has 1 aromatic heterocycles. The van der Waals surface area contributed by atoms with E-state index in [-0.39, 0.29) is 0 Å². The Morgan fingerprint density at radius 1 is 1.36 bits per heavy atom. The van der Waals surface area contributed by atoms with Gasteiger partial charge in [-0.3, -0.25) is 9.80 Å². The van der Waals surface area contributed by atoms with Crippen molar-refractivity contribution in [1.82, 2.24) is 9.80 Å². The van der Waals surface area contributed by atoms with Crippen LogP contribution in [0.15, 0.2) is 11.4 Å². The Balaban J connectivity index is 2.29. The standard InChI is InChI=1S/C11H18N2S/c1-4-9-5-8-14-10(9)11-12(2)6-7-13(11)3/h5,8,11H,4,6-7H2,1-3H3. The van der Waals surface area contributed by atoms with Crippen LogP contribution in [0.1, 0.15) is 23.5 Å². The molecule has 1 aliphatic heterocycles. The minimum atomic E-state index is 0.518. The minimum Gasteiger partial charge on any atom is -0.285 e. The van der Waals surface area contributed by atoms with Crippen molar-refractivity contribution in [2.75, 3.05) is 27.2 Å². The van der Waals surface area contributed by atoms with Crippen LogP contribution >= 0.6 is 11.3 Å². The SMILES string of the molecule is CCc1ccsc1C1N(C)CCN1C. The van der Waals surface area contributed by atoms with Gasteiger partial charge < -0.3 is 0 Å². The van der Waals surface area contributed by atoms with Crippen molar-refractivity contribution in [3.63, 3.8) is 0 Å². The molecule has 2 nitrogen and oxygen atoms in total. The number of hydrogen-bond donors (Lipinski definition) is 0. The summed E-state index contributed by atoms with van der Waals surface area (Å²) in [6.07, 6.45) is 1.67. The van der Waals surface area contributed by atoms with Gasteiger partial charge in [0.2, 0.25) is 0 Å². The average molecular weight is 210 g/mol. The minimum absolute atomic E-state index is 0.518. The third-order valence-corrected chi connectivity index (χ3v) is 4.04. The van der Waals surface area contributed by atoms with Crippen molar-refractivity contribution in [2.24, 2.45) is 0 Å². The third-order valence-electron chi connectivity index (χ3n) is 3.04. The van der Waals surface area contributed by atoms with Crippen molar-refractivity contribution in [1.29, 1.82) is 0 Å². The maximum absolute atomic E-state index is 2.44.